The van der Waals surface area contributed by atoms with Gasteiger partial charge in [0.15, 0.2) is 5.82 Å². The van der Waals surface area contributed by atoms with Crippen LogP contribution in [-0.4, -0.2) is 22.9 Å². The fourth-order valence-corrected chi connectivity index (χ4v) is 2.54. The van der Waals surface area contributed by atoms with Gasteiger partial charge in [-0.05, 0) is 42.9 Å². The number of hydrogen-bond acceptors (Lipinski definition) is 5. The first-order valence-electron chi connectivity index (χ1n) is 6.05. The molecule has 0 saturated heterocycles. The first kappa shape index (κ1) is 11.6. The summed E-state index contributed by atoms with van der Waals surface area (Å²) in [6, 6.07) is 6.29. The topological polar surface area (TPSA) is 51.0 Å². The van der Waals surface area contributed by atoms with Gasteiger partial charge in [-0.15, -0.1) is 0 Å². The highest BCUT2D eigenvalue weighted by atomic mass is 32.2. The molecule has 1 aromatic carbocycles. The number of aryl methyl sites for hydroxylation is 1. The van der Waals surface area contributed by atoms with Gasteiger partial charge in [0.1, 0.15) is 0 Å². The third-order valence-corrected chi connectivity index (χ3v) is 3.58. The number of aromatic nitrogens is 2. The van der Waals surface area contributed by atoms with Crippen LogP contribution in [-0.2, 0) is 12.2 Å². The van der Waals surface area contributed by atoms with Crippen molar-refractivity contribution in [2.45, 2.75) is 18.6 Å². The van der Waals surface area contributed by atoms with Crippen LogP contribution in [0.5, 0.6) is 0 Å². The lowest BCUT2D eigenvalue weighted by molar-refractivity contribution is 0.425. The van der Waals surface area contributed by atoms with E-state index in [4.69, 9.17) is 4.52 Å². The Balaban J connectivity index is 1.91. The lowest BCUT2D eigenvalue weighted by Crippen LogP contribution is -2.11. The Morgan fingerprint density at radius 2 is 2.39 bits per heavy atom. The number of anilines is 1. The third-order valence-electron chi connectivity index (χ3n) is 3.03. The van der Waals surface area contributed by atoms with E-state index < -0.39 is 0 Å². The molecule has 2 heterocycles. The van der Waals surface area contributed by atoms with E-state index in [1.54, 1.807) is 11.8 Å². The maximum Gasteiger partial charge on any atom is 0.257 e. The quantitative estimate of drug-likeness (QED) is 0.920. The predicted octanol–water partition coefficient (Wildman–Crippen LogP) is 2.96. The van der Waals surface area contributed by atoms with E-state index in [1.165, 1.54) is 17.7 Å². The van der Waals surface area contributed by atoms with Crippen LogP contribution < -0.4 is 5.32 Å². The fourth-order valence-electron chi connectivity index (χ4n) is 2.17. The summed E-state index contributed by atoms with van der Waals surface area (Å²) in [5.41, 5.74) is 3.58. The van der Waals surface area contributed by atoms with E-state index >= 15 is 0 Å². The molecule has 0 amide bonds. The summed E-state index contributed by atoms with van der Waals surface area (Å²) in [6.45, 7) is 1.06. The second kappa shape index (κ2) is 5.02. The minimum absolute atomic E-state index is 0.618. The normalized spacial score (nSPS) is 14.1. The first-order chi connectivity index (χ1) is 8.86. The largest absolute Gasteiger partial charge is 0.385 e. The molecule has 2 aromatic rings. The number of rotatable bonds is 3. The maximum atomic E-state index is 5.30. The molecule has 18 heavy (non-hydrogen) atoms. The summed E-state index contributed by atoms with van der Waals surface area (Å²) in [4.78, 5) is 4.40. The third kappa shape index (κ3) is 2.22. The predicted molar refractivity (Wildman–Crippen MR) is 73.8 cm³/mol. The molecule has 0 unspecified atom stereocenters. The number of fused-ring (bicyclic) bond motifs is 1. The van der Waals surface area contributed by atoms with E-state index in [2.05, 4.69) is 27.6 Å². The molecule has 1 aliphatic heterocycles. The van der Waals surface area contributed by atoms with Gasteiger partial charge in [-0.3, -0.25) is 0 Å². The zero-order valence-corrected chi connectivity index (χ0v) is 11.1. The Bertz CT molecular complexity index is 553. The minimum Gasteiger partial charge on any atom is -0.385 e. The second-order valence-corrected chi connectivity index (χ2v) is 5.22. The van der Waals surface area contributed by atoms with Crippen LogP contribution in [0.4, 0.5) is 5.69 Å². The van der Waals surface area contributed by atoms with Gasteiger partial charge >= 0.3 is 0 Å². The highest BCUT2D eigenvalue weighted by molar-refractivity contribution is 7.97. The van der Waals surface area contributed by atoms with Gasteiger partial charge in [0.2, 0.25) is 0 Å². The lowest BCUT2D eigenvalue weighted by atomic mass is 10.0. The molecule has 3 rings (SSSR count). The monoisotopic (exact) mass is 261 g/mol. The van der Waals surface area contributed by atoms with Crippen LogP contribution >= 0.6 is 11.8 Å². The molecule has 4 nitrogen and oxygen atoms in total. The molecule has 94 valence electrons. The van der Waals surface area contributed by atoms with E-state index in [0.717, 1.165) is 30.1 Å². The van der Waals surface area contributed by atoms with Crippen LogP contribution in [0.2, 0.25) is 0 Å². The Morgan fingerprint density at radius 3 is 3.28 bits per heavy atom. The van der Waals surface area contributed by atoms with E-state index in [1.807, 2.05) is 12.3 Å². The summed E-state index contributed by atoms with van der Waals surface area (Å²) in [6.07, 6.45) is 4.32. The van der Waals surface area contributed by atoms with Crippen molar-refractivity contribution in [1.82, 2.24) is 10.1 Å². The van der Waals surface area contributed by atoms with Crippen LogP contribution in [0.1, 0.15) is 17.8 Å². The lowest BCUT2D eigenvalue weighted by Gasteiger charge is -2.17. The molecule has 0 spiro atoms. The van der Waals surface area contributed by atoms with Crippen molar-refractivity contribution in [3.63, 3.8) is 0 Å². The summed E-state index contributed by atoms with van der Waals surface area (Å²) >= 11 is 1.69. The fraction of sp³-hybridized carbons (Fsp3) is 0.385. The molecular weight excluding hydrogens is 246 g/mol. The number of benzene rings is 1. The molecule has 1 aromatic heterocycles. The van der Waals surface area contributed by atoms with E-state index in [-0.39, 0.29) is 0 Å². The molecule has 0 saturated carbocycles. The smallest absolute Gasteiger partial charge is 0.257 e. The molecule has 1 aliphatic rings. The van der Waals surface area contributed by atoms with Crippen molar-refractivity contribution in [3.8, 4) is 11.5 Å². The van der Waals surface area contributed by atoms with Gasteiger partial charge in [-0.25, -0.2) is 0 Å². The van der Waals surface area contributed by atoms with Gasteiger partial charge < -0.3 is 9.84 Å². The maximum absolute atomic E-state index is 5.30. The summed E-state index contributed by atoms with van der Waals surface area (Å²) in [7, 11) is 0. The van der Waals surface area contributed by atoms with Gasteiger partial charge in [0.25, 0.3) is 5.89 Å². The van der Waals surface area contributed by atoms with Crippen LogP contribution in [0.15, 0.2) is 22.7 Å². The van der Waals surface area contributed by atoms with Crippen molar-refractivity contribution < 1.29 is 4.52 Å². The van der Waals surface area contributed by atoms with Crippen LogP contribution in [0.25, 0.3) is 11.5 Å². The van der Waals surface area contributed by atoms with Gasteiger partial charge in [0.05, 0.1) is 5.75 Å². The van der Waals surface area contributed by atoms with Crippen molar-refractivity contribution >= 4 is 17.4 Å². The Morgan fingerprint density at radius 1 is 1.44 bits per heavy atom. The van der Waals surface area contributed by atoms with Gasteiger partial charge in [-0.2, -0.15) is 16.7 Å². The van der Waals surface area contributed by atoms with E-state index in [9.17, 15) is 0 Å². The zero-order chi connectivity index (χ0) is 12.4. The second-order valence-electron chi connectivity index (χ2n) is 4.35. The SMILES string of the molecule is CSCc1noc(-c2ccc3c(c2)CCCN3)n1. The highest BCUT2D eigenvalue weighted by Crippen LogP contribution is 2.27. The molecule has 5 heteroatoms. The minimum atomic E-state index is 0.618. The van der Waals surface area contributed by atoms with Gasteiger partial charge in [-0.1, -0.05) is 5.16 Å². The molecule has 1 N–H and O–H groups in total. The van der Waals surface area contributed by atoms with Crippen LogP contribution in [0, 0.1) is 0 Å². The Kier molecular flexibility index (Phi) is 3.23. The molecular formula is C13H15N3OS. The standard InChI is InChI=1S/C13H15N3OS/c1-18-8-12-15-13(17-16-12)10-4-5-11-9(7-10)3-2-6-14-11/h4-5,7,14H,2-3,6,8H2,1H3. The average Bonchev–Trinajstić information content (AvgIpc) is 2.87. The van der Waals surface area contributed by atoms with Crippen molar-refractivity contribution in [1.29, 1.82) is 0 Å². The number of nitrogens with zero attached hydrogens (tertiary/aromatic N) is 2. The highest BCUT2D eigenvalue weighted by Gasteiger charge is 2.13. The van der Waals surface area contributed by atoms with Gasteiger partial charge in [0, 0.05) is 17.8 Å². The Labute approximate surface area is 110 Å². The number of nitrogens with one attached hydrogen (secondary N) is 1. The molecule has 0 atom stereocenters. The molecule has 0 bridgehead atoms. The summed E-state index contributed by atoms with van der Waals surface area (Å²) in [5.74, 6) is 2.16. The van der Waals surface area contributed by atoms with Crippen molar-refractivity contribution in [2.75, 3.05) is 18.1 Å². The molecule has 0 aliphatic carbocycles. The number of thioether (sulfide) groups is 1. The van der Waals surface area contributed by atoms with Crippen LogP contribution in [0.3, 0.4) is 0 Å². The van der Waals surface area contributed by atoms with Crippen molar-refractivity contribution in [2.24, 2.45) is 0 Å². The summed E-state index contributed by atoms with van der Waals surface area (Å²) < 4.78 is 5.30. The average molecular weight is 261 g/mol. The number of hydrogen-bond donors (Lipinski definition) is 1. The molecule has 0 fully saturated rings. The zero-order valence-electron chi connectivity index (χ0n) is 10.3. The first-order valence-corrected chi connectivity index (χ1v) is 7.45. The summed E-state index contributed by atoms with van der Waals surface area (Å²) in [5, 5.41) is 7.37. The van der Waals surface area contributed by atoms with Crippen molar-refractivity contribution in [3.05, 3.63) is 29.6 Å². The Hall–Kier alpha value is -1.49. The van der Waals surface area contributed by atoms with E-state index in [0.29, 0.717) is 5.89 Å². The molecule has 0 radical (unpaired) electrons.